The highest BCUT2D eigenvalue weighted by atomic mass is 16.4. The van der Waals surface area contributed by atoms with Gasteiger partial charge in [-0.2, -0.15) is 0 Å². The van der Waals surface area contributed by atoms with Crippen LogP contribution in [0.3, 0.4) is 0 Å². The third-order valence-corrected chi connectivity index (χ3v) is 2.92. The zero-order valence-corrected chi connectivity index (χ0v) is 12.1. The monoisotopic (exact) mass is 274 g/mol. The molecule has 0 aromatic carbocycles. The number of aliphatic carboxylic acids is 1. The molecule has 1 amide bonds. The largest absolute Gasteiger partial charge is 0.481 e. The molecule has 112 valence electrons. The number of hydrogen-bond donors (Lipinski definition) is 4. The molecule has 0 saturated heterocycles. The number of rotatable bonds is 8. The number of carbonyl (C=O) groups is 2. The molecule has 0 aliphatic carbocycles. The van der Waals surface area contributed by atoms with E-state index in [-0.39, 0.29) is 17.7 Å². The first kappa shape index (κ1) is 17.9. The van der Waals surface area contributed by atoms with Gasteiger partial charge in [0.2, 0.25) is 5.91 Å². The second-order valence-electron chi connectivity index (χ2n) is 5.68. The predicted molar refractivity (Wildman–Crippen MR) is 72.5 cm³/mol. The van der Waals surface area contributed by atoms with E-state index in [1.807, 2.05) is 27.7 Å². The maximum atomic E-state index is 11.9. The lowest BCUT2D eigenvalue weighted by atomic mass is 9.96. The molecule has 3 atom stereocenters. The van der Waals surface area contributed by atoms with Crippen molar-refractivity contribution < 1.29 is 19.8 Å². The van der Waals surface area contributed by atoms with Gasteiger partial charge in [0.15, 0.2) is 0 Å². The third kappa shape index (κ3) is 7.12. The van der Waals surface area contributed by atoms with Crippen LogP contribution in [-0.2, 0) is 9.59 Å². The summed E-state index contributed by atoms with van der Waals surface area (Å²) in [7, 11) is 0. The van der Waals surface area contributed by atoms with Crippen LogP contribution in [0.4, 0.5) is 0 Å². The van der Waals surface area contributed by atoms with E-state index in [0.717, 1.165) is 0 Å². The number of amides is 1. The Labute approximate surface area is 114 Å². The fraction of sp³-hybridized carbons (Fsp3) is 0.846. The predicted octanol–water partition coefficient (Wildman–Crippen LogP) is 0.336. The number of nitrogens with two attached hydrogens (primary N) is 1. The minimum Gasteiger partial charge on any atom is -0.481 e. The molecule has 0 aliphatic heterocycles. The number of aliphatic hydroxyl groups is 1. The van der Waals surface area contributed by atoms with E-state index in [4.69, 9.17) is 10.8 Å². The molecule has 0 fully saturated rings. The summed E-state index contributed by atoms with van der Waals surface area (Å²) in [5, 5.41) is 21.2. The van der Waals surface area contributed by atoms with Crippen LogP contribution in [-0.4, -0.2) is 40.3 Å². The van der Waals surface area contributed by atoms with Gasteiger partial charge in [-0.25, -0.2) is 0 Å². The lowest BCUT2D eigenvalue weighted by Gasteiger charge is -2.27. The summed E-state index contributed by atoms with van der Waals surface area (Å²) < 4.78 is 0. The summed E-state index contributed by atoms with van der Waals surface area (Å²) in [6.07, 6.45) is -0.997. The summed E-state index contributed by atoms with van der Waals surface area (Å²) in [4.78, 5) is 22.5. The molecule has 0 unspecified atom stereocenters. The summed E-state index contributed by atoms with van der Waals surface area (Å²) in [6.45, 7) is 7.54. The smallest absolute Gasteiger partial charge is 0.306 e. The summed E-state index contributed by atoms with van der Waals surface area (Å²) in [6, 6.07) is -1.25. The summed E-state index contributed by atoms with van der Waals surface area (Å²) in [5.74, 6) is -1.24. The van der Waals surface area contributed by atoms with Crippen molar-refractivity contribution in [3.05, 3.63) is 0 Å². The number of carbonyl (C=O) groups excluding carboxylic acids is 1. The number of carboxylic acid groups (broad SMARTS) is 1. The molecule has 0 radical (unpaired) electrons. The highest BCUT2D eigenvalue weighted by molar-refractivity contribution is 5.82. The van der Waals surface area contributed by atoms with E-state index in [2.05, 4.69) is 5.32 Å². The van der Waals surface area contributed by atoms with Crippen molar-refractivity contribution in [1.82, 2.24) is 5.32 Å². The zero-order chi connectivity index (χ0) is 15.2. The molecule has 0 spiro atoms. The molecule has 0 heterocycles. The maximum Gasteiger partial charge on any atom is 0.306 e. The molecular weight excluding hydrogens is 248 g/mol. The average Bonchev–Trinajstić information content (AvgIpc) is 2.25. The molecule has 6 nitrogen and oxygen atoms in total. The second kappa shape index (κ2) is 8.12. The number of aliphatic hydroxyl groups excluding tert-OH is 1. The van der Waals surface area contributed by atoms with Crippen LogP contribution in [0.2, 0.25) is 0 Å². The van der Waals surface area contributed by atoms with Gasteiger partial charge in [0.25, 0.3) is 0 Å². The number of nitrogens with one attached hydrogen (secondary N) is 1. The number of carboxylic acids is 1. The van der Waals surface area contributed by atoms with E-state index < -0.39 is 30.6 Å². The van der Waals surface area contributed by atoms with E-state index in [1.165, 1.54) is 0 Å². The molecular formula is C13H26N2O4. The normalized spacial score (nSPS) is 16.2. The quantitative estimate of drug-likeness (QED) is 0.509. The first-order valence-electron chi connectivity index (χ1n) is 6.61. The highest BCUT2D eigenvalue weighted by Gasteiger charge is 2.27. The minimum atomic E-state index is -1.11. The lowest BCUT2D eigenvalue weighted by molar-refractivity contribution is -0.140. The van der Waals surface area contributed by atoms with Gasteiger partial charge in [-0.3, -0.25) is 9.59 Å². The Morgan fingerprint density at radius 3 is 2.11 bits per heavy atom. The van der Waals surface area contributed by atoms with E-state index in [1.54, 1.807) is 0 Å². The minimum absolute atomic E-state index is 0.0173. The maximum absolute atomic E-state index is 11.9. The van der Waals surface area contributed by atoms with Crippen LogP contribution < -0.4 is 11.1 Å². The molecule has 0 bridgehead atoms. The van der Waals surface area contributed by atoms with Crippen molar-refractivity contribution >= 4 is 11.9 Å². The van der Waals surface area contributed by atoms with Crippen LogP contribution in [0, 0.1) is 11.8 Å². The Morgan fingerprint density at radius 2 is 1.74 bits per heavy atom. The van der Waals surface area contributed by atoms with Gasteiger partial charge in [-0.15, -0.1) is 0 Å². The molecule has 19 heavy (non-hydrogen) atoms. The first-order chi connectivity index (χ1) is 8.65. The van der Waals surface area contributed by atoms with Crippen LogP contribution in [0.1, 0.15) is 40.5 Å². The fourth-order valence-electron chi connectivity index (χ4n) is 1.72. The molecule has 0 aliphatic rings. The molecule has 0 aromatic heterocycles. The number of hydrogen-bond acceptors (Lipinski definition) is 4. The zero-order valence-electron chi connectivity index (χ0n) is 12.1. The highest BCUT2D eigenvalue weighted by Crippen LogP contribution is 2.12. The third-order valence-electron chi connectivity index (χ3n) is 2.92. The van der Waals surface area contributed by atoms with Crippen LogP contribution >= 0.6 is 0 Å². The molecule has 5 N–H and O–H groups in total. The van der Waals surface area contributed by atoms with Gasteiger partial charge in [-0.1, -0.05) is 27.7 Å². The second-order valence-corrected chi connectivity index (χ2v) is 5.68. The Balaban J connectivity index is 4.67. The van der Waals surface area contributed by atoms with E-state index in [9.17, 15) is 14.7 Å². The molecule has 0 rings (SSSR count). The lowest BCUT2D eigenvalue weighted by Crippen LogP contribution is -2.52. The van der Waals surface area contributed by atoms with E-state index >= 15 is 0 Å². The van der Waals surface area contributed by atoms with Crippen molar-refractivity contribution in [1.29, 1.82) is 0 Å². The van der Waals surface area contributed by atoms with Crippen LogP contribution in [0.25, 0.3) is 0 Å². The van der Waals surface area contributed by atoms with Crippen molar-refractivity contribution in [2.75, 3.05) is 0 Å². The topological polar surface area (TPSA) is 113 Å². The Bertz CT molecular complexity index is 305. The van der Waals surface area contributed by atoms with Gasteiger partial charge in [-0.05, 0) is 18.3 Å². The first-order valence-corrected chi connectivity index (χ1v) is 6.61. The van der Waals surface area contributed by atoms with Gasteiger partial charge in [0.05, 0.1) is 24.6 Å². The van der Waals surface area contributed by atoms with Crippen molar-refractivity contribution in [3.63, 3.8) is 0 Å². The van der Waals surface area contributed by atoms with Gasteiger partial charge in [0, 0.05) is 0 Å². The fourth-order valence-corrected chi connectivity index (χ4v) is 1.72. The molecule has 6 heteroatoms. The molecule has 0 saturated carbocycles. The van der Waals surface area contributed by atoms with Crippen LogP contribution in [0.5, 0.6) is 0 Å². The summed E-state index contributed by atoms with van der Waals surface area (Å²) >= 11 is 0. The van der Waals surface area contributed by atoms with Gasteiger partial charge >= 0.3 is 5.97 Å². The van der Waals surface area contributed by atoms with Crippen molar-refractivity contribution in [2.24, 2.45) is 17.6 Å². The van der Waals surface area contributed by atoms with Crippen molar-refractivity contribution in [2.45, 2.75) is 58.7 Å². The van der Waals surface area contributed by atoms with Gasteiger partial charge in [0.1, 0.15) is 0 Å². The van der Waals surface area contributed by atoms with Gasteiger partial charge < -0.3 is 21.3 Å². The Morgan fingerprint density at radius 1 is 1.21 bits per heavy atom. The standard InChI is InChI=1S/C13H26N2O4/c1-7(2)5-9(10(16)6-11(17)18)15-13(19)12(14)8(3)4/h7-10,12,16H,5-6,14H2,1-4H3,(H,15,19)(H,17,18)/t9-,10-,12-/m0/s1. The molecule has 0 aromatic rings. The van der Waals surface area contributed by atoms with Crippen molar-refractivity contribution in [3.8, 4) is 0 Å². The summed E-state index contributed by atoms with van der Waals surface area (Å²) in [5.41, 5.74) is 5.73. The Kier molecular flexibility index (Phi) is 7.63. The van der Waals surface area contributed by atoms with Crippen LogP contribution in [0.15, 0.2) is 0 Å². The SMILES string of the molecule is CC(C)C[C@H](NC(=O)[C@@H](N)C(C)C)[C@@H](O)CC(=O)O. The average molecular weight is 274 g/mol. The van der Waals surface area contributed by atoms with E-state index in [0.29, 0.717) is 6.42 Å². The Hall–Kier alpha value is -1.14.